The largest absolute Gasteiger partial charge is 0.310 e. The maximum Gasteiger partial charge on any atom is 0.147 e. The van der Waals surface area contributed by atoms with Crippen molar-refractivity contribution in [2.45, 2.75) is 25.4 Å². The SMILES string of the molecule is Fc1cccc(CNC2CC2)c1-n1cnc2ccccc21. The minimum Gasteiger partial charge on any atom is -0.310 e. The van der Waals surface area contributed by atoms with Crippen LogP contribution in [0.25, 0.3) is 16.7 Å². The van der Waals surface area contributed by atoms with Crippen LogP contribution in [-0.2, 0) is 6.54 Å². The van der Waals surface area contributed by atoms with E-state index in [2.05, 4.69) is 10.3 Å². The number of rotatable bonds is 4. The first-order chi connectivity index (χ1) is 10.3. The van der Waals surface area contributed by atoms with Gasteiger partial charge in [0.15, 0.2) is 0 Å². The van der Waals surface area contributed by atoms with Crippen LogP contribution in [0.5, 0.6) is 0 Å². The zero-order valence-corrected chi connectivity index (χ0v) is 11.6. The zero-order valence-electron chi connectivity index (χ0n) is 11.6. The molecule has 0 saturated heterocycles. The van der Waals surface area contributed by atoms with Crippen LogP contribution >= 0.6 is 0 Å². The van der Waals surface area contributed by atoms with Gasteiger partial charge in [-0.3, -0.25) is 4.57 Å². The normalized spacial score (nSPS) is 14.7. The average Bonchev–Trinajstić information content (AvgIpc) is 3.24. The molecule has 3 aromatic rings. The predicted molar refractivity (Wildman–Crippen MR) is 80.9 cm³/mol. The average molecular weight is 281 g/mol. The van der Waals surface area contributed by atoms with Crippen LogP contribution in [0.4, 0.5) is 4.39 Å². The minimum absolute atomic E-state index is 0.215. The standard InChI is InChI=1S/C17H16FN3/c18-14-5-3-4-12(10-19-13-8-9-13)17(14)21-11-20-15-6-1-2-7-16(15)21/h1-7,11,13,19H,8-10H2. The summed E-state index contributed by atoms with van der Waals surface area (Å²) < 4.78 is 16.2. The highest BCUT2D eigenvalue weighted by atomic mass is 19.1. The van der Waals surface area contributed by atoms with E-state index in [0.29, 0.717) is 18.3 Å². The van der Waals surface area contributed by atoms with Crippen LogP contribution < -0.4 is 5.32 Å². The molecule has 21 heavy (non-hydrogen) atoms. The molecule has 1 aromatic heterocycles. The van der Waals surface area contributed by atoms with E-state index in [0.717, 1.165) is 16.6 Å². The Balaban J connectivity index is 1.82. The number of fused-ring (bicyclic) bond motifs is 1. The summed E-state index contributed by atoms with van der Waals surface area (Å²) in [7, 11) is 0. The zero-order chi connectivity index (χ0) is 14.2. The lowest BCUT2D eigenvalue weighted by molar-refractivity contribution is 0.610. The van der Waals surface area contributed by atoms with Gasteiger partial charge in [-0.2, -0.15) is 0 Å². The third-order valence-electron chi connectivity index (χ3n) is 3.92. The second-order valence-corrected chi connectivity index (χ2v) is 5.51. The third-order valence-corrected chi connectivity index (χ3v) is 3.92. The van der Waals surface area contributed by atoms with Gasteiger partial charge >= 0.3 is 0 Å². The van der Waals surface area contributed by atoms with Gasteiger partial charge in [-0.15, -0.1) is 0 Å². The lowest BCUT2D eigenvalue weighted by Gasteiger charge is -2.13. The molecule has 0 amide bonds. The second kappa shape index (κ2) is 4.97. The lowest BCUT2D eigenvalue weighted by atomic mass is 10.1. The summed E-state index contributed by atoms with van der Waals surface area (Å²) in [6.45, 7) is 0.685. The first-order valence-electron chi connectivity index (χ1n) is 7.26. The van der Waals surface area contributed by atoms with Crippen molar-refractivity contribution in [2.24, 2.45) is 0 Å². The van der Waals surface area contributed by atoms with Gasteiger partial charge in [0, 0.05) is 12.6 Å². The molecule has 1 heterocycles. The molecule has 106 valence electrons. The van der Waals surface area contributed by atoms with Crippen molar-refractivity contribution in [2.75, 3.05) is 0 Å². The number of halogens is 1. The molecule has 0 radical (unpaired) electrons. The molecular formula is C17H16FN3. The van der Waals surface area contributed by atoms with Crippen LogP contribution in [0, 0.1) is 5.82 Å². The molecule has 2 aromatic carbocycles. The van der Waals surface area contributed by atoms with Gasteiger partial charge < -0.3 is 5.32 Å². The molecule has 4 heteroatoms. The summed E-state index contributed by atoms with van der Waals surface area (Å²) in [5, 5.41) is 3.45. The number of aromatic nitrogens is 2. The van der Waals surface area contributed by atoms with Crippen molar-refractivity contribution >= 4 is 11.0 Å². The van der Waals surface area contributed by atoms with E-state index < -0.39 is 0 Å². The van der Waals surface area contributed by atoms with Gasteiger partial charge in [0.2, 0.25) is 0 Å². The van der Waals surface area contributed by atoms with Gasteiger partial charge in [-0.1, -0.05) is 24.3 Å². The Kier molecular flexibility index (Phi) is 2.97. The molecule has 1 saturated carbocycles. The molecule has 0 unspecified atom stereocenters. The van der Waals surface area contributed by atoms with Gasteiger partial charge in [0.1, 0.15) is 12.1 Å². The molecular weight excluding hydrogens is 265 g/mol. The summed E-state index contributed by atoms with van der Waals surface area (Å²) >= 11 is 0. The van der Waals surface area contributed by atoms with Crippen molar-refractivity contribution in [3.05, 3.63) is 60.2 Å². The topological polar surface area (TPSA) is 29.9 Å². The van der Waals surface area contributed by atoms with Gasteiger partial charge in [-0.25, -0.2) is 9.37 Å². The summed E-state index contributed by atoms with van der Waals surface area (Å²) in [5.74, 6) is -0.215. The molecule has 3 nitrogen and oxygen atoms in total. The van der Waals surface area contributed by atoms with E-state index in [-0.39, 0.29) is 5.82 Å². The monoisotopic (exact) mass is 281 g/mol. The molecule has 0 aliphatic heterocycles. The van der Waals surface area contributed by atoms with E-state index in [9.17, 15) is 4.39 Å². The highest BCUT2D eigenvalue weighted by Crippen LogP contribution is 2.25. The molecule has 0 bridgehead atoms. The highest BCUT2D eigenvalue weighted by Gasteiger charge is 2.21. The first-order valence-corrected chi connectivity index (χ1v) is 7.26. The van der Waals surface area contributed by atoms with Crippen LogP contribution in [-0.4, -0.2) is 15.6 Å². The molecule has 0 atom stereocenters. The van der Waals surface area contributed by atoms with Crippen molar-refractivity contribution in [1.82, 2.24) is 14.9 Å². The van der Waals surface area contributed by atoms with Crippen molar-refractivity contribution in [3.63, 3.8) is 0 Å². The molecule has 1 aliphatic rings. The molecule has 1 fully saturated rings. The maximum absolute atomic E-state index is 14.4. The van der Waals surface area contributed by atoms with Crippen LogP contribution in [0.2, 0.25) is 0 Å². The van der Waals surface area contributed by atoms with Crippen molar-refractivity contribution < 1.29 is 4.39 Å². The maximum atomic E-state index is 14.4. The Hall–Kier alpha value is -2.20. The van der Waals surface area contributed by atoms with Crippen LogP contribution in [0.3, 0.4) is 0 Å². The second-order valence-electron chi connectivity index (χ2n) is 5.51. The fourth-order valence-electron chi connectivity index (χ4n) is 2.65. The fraction of sp³-hybridized carbons (Fsp3) is 0.235. The Morgan fingerprint density at radius 2 is 2.00 bits per heavy atom. The van der Waals surface area contributed by atoms with Gasteiger partial charge in [-0.05, 0) is 36.6 Å². The number of imidazole rings is 1. The lowest BCUT2D eigenvalue weighted by Crippen LogP contribution is -2.17. The molecule has 1 aliphatic carbocycles. The predicted octanol–water partition coefficient (Wildman–Crippen LogP) is 3.42. The van der Waals surface area contributed by atoms with E-state index in [1.165, 1.54) is 18.9 Å². The van der Waals surface area contributed by atoms with E-state index in [1.54, 1.807) is 12.4 Å². The Labute approximate surface area is 122 Å². The first kappa shape index (κ1) is 12.5. The summed E-state index contributed by atoms with van der Waals surface area (Å²) in [6, 6.07) is 13.6. The van der Waals surface area contributed by atoms with Gasteiger partial charge in [0.25, 0.3) is 0 Å². The molecule has 1 N–H and O–H groups in total. The number of nitrogens with zero attached hydrogens (tertiary/aromatic N) is 2. The number of benzene rings is 2. The van der Waals surface area contributed by atoms with Crippen molar-refractivity contribution in [3.8, 4) is 5.69 Å². The third kappa shape index (κ3) is 2.32. The van der Waals surface area contributed by atoms with Crippen molar-refractivity contribution in [1.29, 1.82) is 0 Å². The Morgan fingerprint density at radius 3 is 2.86 bits per heavy atom. The Bertz CT molecular complexity index is 790. The number of hydrogen-bond donors (Lipinski definition) is 1. The summed E-state index contributed by atoms with van der Waals surface area (Å²) in [5.41, 5.74) is 3.36. The minimum atomic E-state index is -0.215. The van der Waals surface area contributed by atoms with E-state index in [4.69, 9.17) is 0 Å². The molecule has 4 rings (SSSR count). The number of hydrogen-bond acceptors (Lipinski definition) is 2. The van der Waals surface area contributed by atoms with Gasteiger partial charge in [0.05, 0.1) is 16.7 Å². The van der Waals surface area contributed by atoms with E-state index in [1.807, 2.05) is 34.9 Å². The highest BCUT2D eigenvalue weighted by molar-refractivity contribution is 5.77. The summed E-state index contributed by atoms with van der Waals surface area (Å²) in [4.78, 5) is 4.36. The smallest absolute Gasteiger partial charge is 0.147 e. The Morgan fingerprint density at radius 1 is 1.14 bits per heavy atom. The fourth-order valence-corrected chi connectivity index (χ4v) is 2.65. The van der Waals surface area contributed by atoms with Crippen LogP contribution in [0.1, 0.15) is 18.4 Å². The number of nitrogens with one attached hydrogen (secondary N) is 1. The quantitative estimate of drug-likeness (QED) is 0.794. The summed E-state index contributed by atoms with van der Waals surface area (Å²) in [6.07, 6.45) is 4.14. The van der Waals surface area contributed by atoms with E-state index >= 15 is 0 Å². The van der Waals surface area contributed by atoms with Crippen LogP contribution in [0.15, 0.2) is 48.8 Å². The number of para-hydroxylation sites is 3. The molecule has 0 spiro atoms.